The maximum absolute atomic E-state index is 13.2. The summed E-state index contributed by atoms with van der Waals surface area (Å²) in [7, 11) is 1.63. The minimum absolute atomic E-state index is 0.0128. The van der Waals surface area contributed by atoms with Crippen LogP contribution in [0.4, 0.5) is 0 Å². The fourth-order valence-corrected chi connectivity index (χ4v) is 4.86. The predicted octanol–water partition coefficient (Wildman–Crippen LogP) is 5.31. The van der Waals surface area contributed by atoms with E-state index in [9.17, 15) is 9.59 Å². The zero-order chi connectivity index (χ0) is 25.8. The van der Waals surface area contributed by atoms with Crippen LogP contribution in [0.1, 0.15) is 35.7 Å². The number of aromatic nitrogens is 1. The molecule has 37 heavy (non-hydrogen) atoms. The summed E-state index contributed by atoms with van der Waals surface area (Å²) in [4.78, 5) is 32.4. The molecule has 7 nitrogen and oxygen atoms in total. The first-order valence-electron chi connectivity index (χ1n) is 12.7. The van der Waals surface area contributed by atoms with Gasteiger partial charge in [0.05, 0.1) is 7.11 Å². The van der Waals surface area contributed by atoms with E-state index >= 15 is 0 Å². The molecule has 0 aliphatic carbocycles. The monoisotopic (exact) mass is 497 g/mol. The molecule has 0 saturated carbocycles. The molecule has 1 N–H and O–H groups in total. The first kappa shape index (κ1) is 24.6. The quantitative estimate of drug-likeness (QED) is 0.374. The Morgan fingerprint density at radius 3 is 2.49 bits per heavy atom. The van der Waals surface area contributed by atoms with Gasteiger partial charge in [-0.2, -0.15) is 0 Å². The van der Waals surface area contributed by atoms with Gasteiger partial charge < -0.3 is 19.4 Å². The summed E-state index contributed by atoms with van der Waals surface area (Å²) in [6.07, 6.45) is 1.60. The zero-order valence-corrected chi connectivity index (χ0v) is 21.1. The van der Waals surface area contributed by atoms with E-state index in [-0.39, 0.29) is 23.7 Å². The molecule has 7 heteroatoms. The molecule has 0 radical (unpaired) electrons. The van der Waals surface area contributed by atoms with Gasteiger partial charge in [-0.05, 0) is 66.8 Å². The van der Waals surface area contributed by atoms with Gasteiger partial charge in [0.2, 0.25) is 11.8 Å². The Morgan fingerprint density at radius 2 is 1.78 bits per heavy atom. The van der Waals surface area contributed by atoms with Gasteiger partial charge in [0.15, 0.2) is 5.58 Å². The van der Waals surface area contributed by atoms with Gasteiger partial charge in [0.1, 0.15) is 11.3 Å². The third-order valence-electron chi connectivity index (χ3n) is 7.23. The molecule has 1 aliphatic rings. The van der Waals surface area contributed by atoms with Crippen LogP contribution in [-0.4, -0.2) is 41.9 Å². The fraction of sp³-hybridized carbons (Fsp3) is 0.300. The summed E-state index contributed by atoms with van der Waals surface area (Å²) in [5, 5.41) is 3.05. The van der Waals surface area contributed by atoms with Crippen molar-refractivity contribution in [1.29, 1.82) is 0 Å². The van der Waals surface area contributed by atoms with E-state index in [0.29, 0.717) is 42.2 Å². The minimum atomic E-state index is -0.113. The summed E-state index contributed by atoms with van der Waals surface area (Å²) >= 11 is 0. The number of nitrogens with zero attached hydrogens (tertiary/aromatic N) is 2. The van der Waals surface area contributed by atoms with E-state index in [1.165, 1.54) is 0 Å². The van der Waals surface area contributed by atoms with E-state index in [1.54, 1.807) is 19.2 Å². The van der Waals surface area contributed by atoms with E-state index in [0.717, 1.165) is 29.7 Å². The number of benzene rings is 3. The van der Waals surface area contributed by atoms with Crippen LogP contribution >= 0.6 is 0 Å². The Bertz CT molecular complexity index is 1370. The molecule has 4 aromatic rings. The van der Waals surface area contributed by atoms with Crippen LogP contribution in [0.15, 0.2) is 77.2 Å². The van der Waals surface area contributed by atoms with E-state index < -0.39 is 0 Å². The van der Waals surface area contributed by atoms with Crippen molar-refractivity contribution in [2.75, 3.05) is 20.2 Å². The van der Waals surface area contributed by atoms with E-state index in [4.69, 9.17) is 9.15 Å². The van der Waals surface area contributed by atoms with Gasteiger partial charge in [-0.15, -0.1) is 0 Å². The fourth-order valence-electron chi connectivity index (χ4n) is 4.86. The number of ether oxygens (including phenoxy) is 1. The summed E-state index contributed by atoms with van der Waals surface area (Å²) in [5.41, 5.74) is 3.85. The molecule has 3 aromatic carbocycles. The zero-order valence-electron chi connectivity index (χ0n) is 21.1. The van der Waals surface area contributed by atoms with Gasteiger partial charge in [0.25, 0.3) is 5.91 Å². The van der Waals surface area contributed by atoms with Crippen molar-refractivity contribution in [2.45, 2.75) is 26.3 Å². The second-order valence-corrected chi connectivity index (χ2v) is 9.55. The van der Waals surface area contributed by atoms with Crippen LogP contribution in [-0.2, 0) is 11.3 Å². The highest BCUT2D eigenvalue weighted by Gasteiger charge is 2.30. The van der Waals surface area contributed by atoms with Crippen LogP contribution in [0, 0.1) is 11.8 Å². The minimum Gasteiger partial charge on any atom is -0.497 e. The molecule has 0 spiro atoms. The maximum atomic E-state index is 13.2. The molecule has 0 bridgehead atoms. The average molecular weight is 498 g/mol. The molecule has 1 atom stereocenters. The normalized spacial score (nSPS) is 14.9. The molecule has 1 fully saturated rings. The standard InChI is InChI=1S/C30H31N3O4/c1-20(28(34)31-19-21-8-11-25(36-2)12-9-21)22-14-16-33(17-15-22)30(35)24-10-13-27-26(18-24)32-29(37-27)23-6-4-3-5-7-23/h3-13,18,20,22H,14-17,19H2,1-2H3,(H,31,34). The second-order valence-electron chi connectivity index (χ2n) is 9.55. The second kappa shape index (κ2) is 10.9. The van der Waals surface area contributed by atoms with Gasteiger partial charge in [-0.3, -0.25) is 9.59 Å². The molecule has 190 valence electrons. The Hall–Kier alpha value is -4.13. The van der Waals surface area contributed by atoms with Crippen LogP contribution in [0.3, 0.4) is 0 Å². The number of hydrogen-bond donors (Lipinski definition) is 1. The first-order chi connectivity index (χ1) is 18.0. The van der Waals surface area contributed by atoms with Crippen LogP contribution < -0.4 is 10.1 Å². The van der Waals surface area contributed by atoms with Crippen LogP contribution in [0.25, 0.3) is 22.6 Å². The number of carbonyl (C=O) groups excluding carboxylic acids is 2. The summed E-state index contributed by atoms with van der Waals surface area (Å²) < 4.78 is 11.1. The van der Waals surface area contributed by atoms with Gasteiger partial charge in [-0.1, -0.05) is 37.3 Å². The number of oxazole rings is 1. The molecule has 1 unspecified atom stereocenters. The lowest BCUT2D eigenvalue weighted by molar-refractivity contribution is -0.126. The first-order valence-corrected chi connectivity index (χ1v) is 12.7. The number of hydrogen-bond acceptors (Lipinski definition) is 5. The molecule has 1 aromatic heterocycles. The maximum Gasteiger partial charge on any atom is 0.253 e. The number of methoxy groups -OCH3 is 1. The molecular weight excluding hydrogens is 466 g/mol. The van der Waals surface area contributed by atoms with Crippen LogP contribution in [0.2, 0.25) is 0 Å². The number of likely N-dealkylation sites (tertiary alicyclic amines) is 1. The lowest BCUT2D eigenvalue weighted by atomic mass is 9.84. The summed E-state index contributed by atoms with van der Waals surface area (Å²) in [5.74, 6) is 1.50. The Morgan fingerprint density at radius 1 is 1.05 bits per heavy atom. The van der Waals surface area contributed by atoms with E-state index in [2.05, 4.69) is 10.3 Å². The number of piperidine rings is 1. The lowest BCUT2D eigenvalue weighted by Crippen LogP contribution is -2.42. The van der Waals surface area contributed by atoms with Gasteiger partial charge >= 0.3 is 0 Å². The summed E-state index contributed by atoms with van der Waals surface area (Å²) in [6.45, 7) is 3.73. The Labute approximate surface area is 216 Å². The van der Waals surface area contributed by atoms with E-state index in [1.807, 2.05) is 72.5 Å². The van der Waals surface area contributed by atoms with Gasteiger partial charge in [0, 0.05) is 36.7 Å². The SMILES string of the molecule is COc1ccc(CNC(=O)C(C)C2CCN(C(=O)c3ccc4oc(-c5ccccc5)nc4c3)CC2)cc1. The van der Waals surface area contributed by atoms with Crippen molar-refractivity contribution in [2.24, 2.45) is 11.8 Å². The Balaban J connectivity index is 1.16. The van der Waals surface area contributed by atoms with Crippen molar-refractivity contribution >= 4 is 22.9 Å². The van der Waals surface area contributed by atoms with Crippen molar-refractivity contribution < 1.29 is 18.7 Å². The smallest absolute Gasteiger partial charge is 0.253 e. The molecule has 1 saturated heterocycles. The number of fused-ring (bicyclic) bond motifs is 1. The van der Waals surface area contributed by atoms with Crippen molar-refractivity contribution in [3.8, 4) is 17.2 Å². The van der Waals surface area contributed by atoms with Crippen molar-refractivity contribution in [1.82, 2.24) is 15.2 Å². The van der Waals surface area contributed by atoms with Crippen molar-refractivity contribution in [3.05, 3.63) is 83.9 Å². The van der Waals surface area contributed by atoms with Crippen molar-refractivity contribution in [3.63, 3.8) is 0 Å². The number of carbonyl (C=O) groups is 2. The number of amides is 2. The third-order valence-corrected chi connectivity index (χ3v) is 7.23. The molecule has 5 rings (SSSR count). The van der Waals surface area contributed by atoms with Gasteiger partial charge in [-0.25, -0.2) is 4.98 Å². The predicted molar refractivity (Wildman–Crippen MR) is 142 cm³/mol. The highest BCUT2D eigenvalue weighted by molar-refractivity contribution is 5.97. The highest BCUT2D eigenvalue weighted by Crippen LogP contribution is 2.28. The topological polar surface area (TPSA) is 84.7 Å². The van der Waals surface area contributed by atoms with Crippen LogP contribution in [0.5, 0.6) is 5.75 Å². The molecule has 2 heterocycles. The highest BCUT2D eigenvalue weighted by atomic mass is 16.5. The molecular formula is C30H31N3O4. The largest absolute Gasteiger partial charge is 0.497 e. The molecule has 2 amide bonds. The lowest BCUT2D eigenvalue weighted by Gasteiger charge is -2.34. The average Bonchev–Trinajstić information content (AvgIpc) is 3.39. The third kappa shape index (κ3) is 5.50. The summed E-state index contributed by atoms with van der Waals surface area (Å²) in [6, 6.07) is 22.8. The molecule has 1 aliphatic heterocycles. The number of nitrogens with one attached hydrogen (secondary N) is 1. The number of rotatable bonds is 7. The Kier molecular flexibility index (Phi) is 7.21.